The summed E-state index contributed by atoms with van der Waals surface area (Å²) in [6, 6.07) is 14.8. The normalized spacial score (nSPS) is 16.4. The lowest BCUT2D eigenvalue weighted by Crippen LogP contribution is -2.30. The predicted molar refractivity (Wildman–Crippen MR) is 130 cm³/mol. The number of hydrogen-bond acceptors (Lipinski definition) is 4. The Morgan fingerprint density at radius 3 is 2.67 bits per heavy atom. The number of allylic oxidation sites excluding steroid dienone is 2. The fourth-order valence-electron chi connectivity index (χ4n) is 4.35. The number of rotatable bonds is 9. The van der Waals surface area contributed by atoms with Crippen LogP contribution in [0.1, 0.15) is 56.7 Å². The highest BCUT2D eigenvalue weighted by atomic mass is 16.2. The van der Waals surface area contributed by atoms with E-state index in [4.69, 9.17) is 0 Å². The van der Waals surface area contributed by atoms with Gasteiger partial charge in [-0.25, -0.2) is 5.10 Å². The van der Waals surface area contributed by atoms with Crippen molar-refractivity contribution in [2.75, 3.05) is 4.90 Å². The van der Waals surface area contributed by atoms with Crippen LogP contribution in [0.5, 0.6) is 0 Å². The number of benzene rings is 2. The minimum atomic E-state index is -0.298. The second-order valence-electron chi connectivity index (χ2n) is 8.56. The number of anilines is 1. The van der Waals surface area contributed by atoms with E-state index in [0.29, 0.717) is 23.9 Å². The molecule has 6 nitrogen and oxygen atoms in total. The highest BCUT2D eigenvalue weighted by Gasteiger charge is 2.38. The van der Waals surface area contributed by atoms with E-state index in [1.54, 1.807) is 12.1 Å². The fourth-order valence-corrected chi connectivity index (χ4v) is 4.35. The Kier molecular flexibility index (Phi) is 7.13. The molecule has 1 saturated heterocycles. The molecule has 1 N–H and O–H groups in total. The molecule has 33 heavy (non-hydrogen) atoms. The monoisotopic (exact) mass is 443 g/mol. The molecule has 0 aliphatic carbocycles. The summed E-state index contributed by atoms with van der Waals surface area (Å²) in [6.45, 7) is 2.18. The van der Waals surface area contributed by atoms with Crippen molar-refractivity contribution < 1.29 is 9.59 Å². The topological polar surface area (TPSA) is 83.1 Å². The molecule has 2 heterocycles. The smallest absolute Gasteiger partial charge is 0.272 e. The Morgan fingerprint density at radius 1 is 1.03 bits per heavy atom. The van der Waals surface area contributed by atoms with Crippen LogP contribution in [0.2, 0.25) is 0 Å². The number of H-pyrrole nitrogens is 1. The quantitative estimate of drug-likeness (QED) is 0.289. The number of unbranched alkanes of at least 4 members (excludes halogenated alkanes) is 3. The number of carbonyl (C=O) groups is 2. The van der Waals surface area contributed by atoms with Crippen molar-refractivity contribution in [2.24, 2.45) is 5.92 Å². The molecule has 0 bridgehead atoms. The van der Waals surface area contributed by atoms with E-state index in [1.807, 2.05) is 42.5 Å². The fraction of sp³-hybridized carbons (Fsp3) is 0.333. The Labute approximate surface area is 193 Å². The van der Waals surface area contributed by atoms with Crippen LogP contribution in [-0.2, 0) is 16.0 Å². The Hall–Kier alpha value is -3.54. The predicted octanol–water partition coefficient (Wildman–Crippen LogP) is 4.92. The summed E-state index contributed by atoms with van der Waals surface area (Å²) in [5.41, 5.74) is 2.03. The van der Waals surface area contributed by atoms with E-state index >= 15 is 0 Å². The zero-order chi connectivity index (χ0) is 23.2. The molecule has 1 aromatic heterocycles. The van der Waals surface area contributed by atoms with E-state index in [9.17, 15) is 14.4 Å². The first-order chi connectivity index (χ1) is 16.1. The van der Waals surface area contributed by atoms with Crippen LogP contribution >= 0.6 is 0 Å². The van der Waals surface area contributed by atoms with E-state index < -0.39 is 0 Å². The van der Waals surface area contributed by atoms with Gasteiger partial charge >= 0.3 is 0 Å². The highest BCUT2D eigenvalue weighted by molar-refractivity contribution is 6.21. The molecule has 1 aliphatic heterocycles. The molecular formula is C27H29N3O3. The molecule has 0 saturated carbocycles. The molecule has 170 valence electrons. The first-order valence-corrected chi connectivity index (χ1v) is 11.7. The summed E-state index contributed by atoms with van der Waals surface area (Å²) in [6.07, 6.45) is 10.0. The van der Waals surface area contributed by atoms with Gasteiger partial charge in [-0.15, -0.1) is 0 Å². The zero-order valence-corrected chi connectivity index (χ0v) is 18.9. The average molecular weight is 444 g/mol. The molecule has 1 aliphatic rings. The van der Waals surface area contributed by atoms with Crippen molar-refractivity contribution in [1.82, 2.24) is 10.2 Å². The first kappa shape index (κ1) is 22.6. The van der Waals surface area contributed by atoms with Crippen molar-refractivity contribution in [3.05, 3.63) is 82.3 Å². The van der Waals surface area contributed by atoms with Crippen molar-refractivity contribution in [2.45, 2.75) is 51.9 Å². The van der Waals surface area contributed by atoms with Crippen LogP contribution in [0.15, 0.2) is 65.5 Å². The van der Waals surface area contributed by atoms with Crippen molar-refractivity contribution in [1.29, 1.82) is 0 Å². The van der Waals surface area contributed by atoms with Crippen LogP contribution in [-0.4, -0.2) is 22.0 Å². The Balaban J connectivity index is 1.49. The third-order valence-corrected chi connectivity index (χ3v) is 6.12. The number of hydrogen-bond donors (Lipinski definition) is 1. The molecule has 2 aromatic carbocycles. The van der Waals surface area contributed by atoms with Crippen molar-refractivity contribution >= 4 is 28.3 Å². The summed E-state index contributed by atoms with van der Waals surface area (Å²) in [7, 11) is 0. The average Bonchev–Trinajstić information content (AvgIpc) is 3.11. The van der Waals surface area contributed by atoms with E-state index in [-0.39, 0.29) is 29.7 Å². The Bertz CT molecular complexity index is 1240. The second-order valence-corrected chi connectivity index (χ2v) is 8.56. The zero-order valence-electron chi connectivity index (χ0n) is 18.9. The maximum Gasteiger partial charge on any atom is 0.272 e. The van der Waals surface area contributed by atoms with Crippen LogP contribution in [0.4, 0.5) is 5.69 Å². The van der Waals surface area contributed by atoms with Crippen molar-refractivity contribution in [3.63, 3.8) is 0 Å². The summed E-state index contributed by atoms with van der Waals surface area (Å²) in [5.74, 6) is -0.592. The van der Waals surface area contributed by atoms with E-state index in [1.165, 1.54) is 17.7 Å². The third kappa shape index (κ3) is 5.11. The third-order valence-electron chi connectivity index (χ3n) is 6.12. The van der Waals surface area contributed by atoms with Crippen LogP contribution < -0.4 is 10.5 Å². The largest absolute Gasteiger partial charge is 0.274 e. The lowest BCUT2D eigenvalue weighted by Gasteiger charge is -2.16. The van der Waals surface area contributed by atoms with Crippen LogP contribution in [0.25, 0.3) is 10.8 Å². The second kappa shape index (κ2) is 10.4. The summed E-state index contributed by atoms with van der Waals surface area (Å²) >= 11 is 0. The van der Waals surface area contributed by atoms with Gasteiger partial charge in [0.05, 0.1) is 22.7 Å². The van der Waals surface area contributed by atoms with Gasteiger partial charge in [0.25, 0.3) is 5.56 Å². The number of nitrogens with zero attached hydrogens (tertiary/aromatic N) is 2. The highest BCUT2D eigenvalue weighted by Crippen LogP contribution is 2.30. The van der Waals surface area contributed by atoms with E-state index in [2.05, 4.69) is 23.2 Å². The van der Waals surface area contributed by atoms with Gasteiger partial charge in [-0.3, -0.25) is 19.3 Å². The van der Waals surface area contributed by atoms with Crippen molar-refractivity contribution in [3.8, 4) is 0 Å². The molecule has 0 radical (unpaired) electrons. The molecule has 3 aromatic rings. The number of fused-ring (bicyclic) bond motifs is 1. The van der Waals surface area contributed by atoms with Gasteiger partial charge in [0, 0.05) is 18.2 Å². The number of aromatic nitrogens is 2. The van der Waals surface area contributed by atoms with Gasteiger partial charge in [-0.1, -0.05) is 62.2 Å². The standard InChI is InChI=1S/C27H29N3O3/c1-2-3-4-5-6-7-12-20-18-25(31)30(27(20)33)21-13-10-11-19(16-21)17-24-22-14-8-9-15-23(22)26(32)29-28-24/h6-11,13-16,20H,2-5,12,17-18H2,1H3,(H,29,32)/b7-6+. The maximum absolute atomic E-state index is 13.0. The van der Waals surface area contributed by atoms with Gasteiger partial charge < -0.3 is 0 Å². The van der Waals surface area contributed by atoms with Gasteiger partial charge in [-0.05, 0) is 43.0 Å². The molecule has 4 rings (SSSR count). The van der Waals surface area contributed by atoms with Crippen LogP contribution in [0.3, 0.4) is 0 Å². The summed E-state index contributed by atoms with van der Waals surface area (Å²) < 4.78 is 0. The minimum Gasteiger partial charge on any atom is -0.274 e. The summed E-state index contributed by atoms with van der Waals surface area (Å²) in [5, 5.41) is 8.18. The molecule has 1 atom stereocenters. The SMILES string of the molecule is CCCCC/C=C/CC1CC(=O)N(c2cccc(Cc3n[nH]c(=O)c4ccccc34)c2)C1=O. The van der Waals surface area contributed by atoms with Gasteiger partial charge in [0.2, 0.25) is 11.8 Å². The minimum absolute atomic E-state index is 0.136. The molecule has 6 heteroatoms. The van der Waals surface area contributed by atoms with Gasteiger partial charge in [0.1, 0.15) is 0 Å². The van der Waals surface area contributed by atoms with Gasteiger partial charge in [-0.2, -0.15) is 5.10 Å². The molecule has 1 unspecified atom stereocenters. The number of nitrogens with one attached hydrogen (secondary N) is 1. The summed E-state index contributed by atoms with van der Waals surface area (Å²) in [4.78, 5) is 39.0. The lowest BCUT2D eigenvalue weighted by molar-refractivity contribution is -0.122. The molecule has 2 amide bonds. The number of aromatic amines is 1. The van der Waals surface area contributed by atoms with Gasteiger partial charge in [0.15, 0.2) is 0 Å². The molecule has 1 fully saturated rings. The Morgan fingerprint density at radius 2 is 1.85 bits per heavy atom. The first-order valence-electron chi connectivity index (χ1n) is 11.7. The maximum atomic E-state index is 13.0. The molecular weight excluding hydrogens is 414 g/mol. The van der Waals surface area contributed by atoms with E-state index in [0.717, 1.165) is 29.5 Å². The number of imide groups is 1. The molecule has 0 spiro atoms. The van der Waals surface area contributed by atoms with Crippen LogP contribution in [0, 0.1) is 5.92 Å². The lowest BCUT2D eigenvalue weighted by atomic mass is 10.0. The number of amides is 2. The number of carbonyl (C=O) groups excluding carboxylic acids is 2.